The van der Waals surface area contributed by atoms with Crippen LogP contribution in [-0.2, 0) is 33.2 Å². The molecule has 11 atom stereocenters. The molecule has 0 amide bonds. The lowest BCUT2D eigenvalue weighted by atomic mass is 9.98. The highest BCUT2D eigenvalue weighted by Crippen LogP contribution is 2.26. The average Bonchev–Trinajstić information content (AvgIpc) is 3.28. The summed E-state index contributed by atoms with van der Waals surface area (Å²) < 4.78 is 34.0. The zero-order valence-corrected chi connectivity index (χ0v) is 38.5. The van der Waals surface area contributed by atoms with Crippen LogP contribution in [-0.4, -0.2) is 142 Å². The molecule has 0 aromatic heterocycles. The van der Waals surface area contributed by atoms with Crippen molar-refractivity contribution in [2.75, 3.05) is 33.0 Å². The fraction of sp³-hybridized carbons (Fsp3) is 0.816. The highest BCUT2D eigenvalue weighted by Gasteiger charge is 2.47. The Hall–Kier alpha value is -2.05. The van der Waals surface area contributed by atoms with Crippen molar-refractivity contribution in [3.63, 3.8) is 0 Å². The number of aliphatic hydroxyl groups is 7. The second-order valence-corrected chi connectivity index (χ2v) is 16.9. The topological polar surface area (TPSA) is 214 Å². The van der Waals surface area contributed by atoms with E-state index in [1.807, 2.05) is 0 Å². The second-order valence-electron chi connectivity index (χ2n) is 16.9. The summed E-state index contributed by atoms with van der Waals surface area (Å²) in [5, 5.41) is 71.8. The van der Waals surface area contributed by atoms with Crippen molar-refractivity contribution in [2.24, 2.45) is 0 Å². The third kappa shape index (κ3) is 25.4. The van der Waals surface area contributed by atoms with Crippen LogP contribution in [0.5, 0.6) is 0 Å². The van der Waals surface area contributed by atoms with Gasteiger partial charge in [-0.05, 0) is 51.4 Å². The molecule has 0 aromatic rings. The summed E-state index contributed by atoms with van der Waals surface area (Å²) in [5.41, 5.74) is 0. The Morgan fingerprint density at radius 1 is 0.540 bits per heavy atom. The lowest BCUT2D eigenvalue weighted by molar-refractivity contribution is -0.332. The molecular formula is C49H86O14. The molecule has 0 radical (unpaired) electrons. The summed E-state index contributed by atoms with van der Waals surface area (Å²) >= 11 is 0. The fourth-order valence-electron chi connectivity index (χ4n) is 7.39. The highest BCUT2D eigenvalue weighted by molar-refractivity contribution is 5.69. The van der Waals surface area contributed by atoms with Crippen LogP contribution in [0.4, 0.5) is 0 Å². The quantitative estimate of drug-likeness (QED) is 0.0204. The normalized spacial score (nSPS) is 27.4. The summed E-state index contributed by atoms with van der Waals surface area (Å²) in [5.74, 6) is -0.386. The summed E-state index contributed by atoms with van der Waals surface area (Å²) in [6.45, 7) is 3.50. The first-order valence-electron chi connectivity index (χ1n) is 24.2. The van der Waals surface area contributed by atoms with Gasteiger partial charge in [0, 0.05) is 13.0 Å². The van der Waals surface area contributed by atoms with Crippen LogP contribution in [0.3, 0.4) is 0 Å². The van der Waals surface area contributed by atoms with Gasteiger partial charge in [-0.3, -0.25) is 4.79 Å². The lowest BCUT2D eigenvalue weighted by Gasteiger charge is -2.42. The Kier molecular flexibility index (Phi) is 33.6. The number of ether oxygens (including phenoxy) is 6. The first kappa shape index (κ1) is 57.1. The van der Waals surface area contributed by atoms with Gasteiger partial charge in [0.1, 0.15) is 54.9 Å². The minimum Gasteiger partial charge on any atom is -0.457 e. The lowest BCUT2D eigenvalue weighted by Crippen LogP contribution is -2.61. The number of esters is 1. The molecule has 2 fully saturated rings. The number of carbonyl (C=O) groups is 1. The van der Waals surface area contributed by atoms with Gasteiger partial charge in [0.25, 0.3) is 0 Å². The van der Waals surface area contributed by atoms with Gasteiger partial charge in [-0.1, -0.05) is 146 Å². The third-order valence-corrected chi connectivity index (χ3v) is 11.4. The van der Waals surface area contributed by atoms with Gasteiger partial charge in [0.2, 0.25) is 0 Å². The molecule has 0 bridgehead atoms. The van der Waals surface area contributed by atoms with Crippen molar-refractivity contribution < 1.29 is 69.0 Å². The van der Waals surface area contributed by atoms with Gasteiger partial charge >= 0.3 is 5.97 Å². The number of aliphatic hydroxyl groups excluding tert-OH is 7. The van der Waals surface area contributed by atoms with Crippen LogP contribution >= 0.6 is 0 Å². The molecule has 2 rings (SSSR count). The summed E-state index contributed by atoms with van der Waals surface area (Å²) in [4.78, 5) is 12.9. The highest BCUT2D eigenvalue weighted by atomic mass is 16.7. The van der Waals surface area contributed by atoms with Gasteiger partial charge < -0.3 is 64.2 Å². The number of carbonyl (C=O) groups excluding carboxylic acids is 1. The van der Waals surface area contributed by atoms with E-state index in [-0.39, 0.29) is 25.6 Å². The van der Waals surface area contributed by atoms with E-state index in [1.54, 1.807) is 0 Å². The fourth-order valence-corrected chi connectivity index (χ4v) is 7.39. The Labute approximate surface area is 378 Å². The largest absolute Gasteiger partial charge is 0.457 e. The second kappa shape index (κ2) is 37.1. The number of hydrogen-bond donors (Lipinski definition) is 7. The Morgan fingerprint density at radius 3 is 1.62 bits per heavy atom. The first-order valence-corrected chi connectivity index (χ1v) is 24.2. The maximum atomic E-state index is 12.9. The van der Waals surface area contributed by atoms with E-state index in [4.69, 9.17) is 28.4 Å². The molecule has 11 unspecified atom stereocenters. The molecule has 7 N–H and O–H groups in total. The molecular weight excluding hydrogens is 813 g/mol. The molecule has 2 heterocycles. The standard InChI is InChI=1S/C49H86O14/c1-3-5-7-9-11-12-13-14-15-16-17-18-19-20-21-22-23-24-25-26-27-28-30-32-41(51)61-38(35-58-33-31-29-10-8-6-4-2)36-59-48-47(57)45(55)43(53)40(63-48)37-60-49-46(56)44(54)42(52)39(34-50)62-49/h5,7,11-12,14-15,17-18,38-40,42-50,52-57H,3-4,6,8-10,13,16,19-37H2,1-2H3/b7-5-,12-11-,15-14-,18-17-. The van der Waals surface area contributed by atoms with Crippen LogP contribution in [0, 0.1) is 0 Å². The predicted molar refractivity (Wildman–Crippen MR) is 243 cm³/mol. The number of unbranched alkanes of at least 4 members (excludes halogenated alkanes) is 15. The van der Waals surface area contributed by atoms with Gasteiger partial charge in [-0.25, -0.2) is 0 Å². The molecule has 2 aliphatic heterocycles. The zero-order valence-electron chi connectivity index (χ0n) is 38.5. The van der Waals surface area contributed by atoms with Crippen molar-refractivity contribution in [1.82, 2.24) is 0 Å². The van der Waals surface area contributed by atoms with Crippen molar-refractivity contribution in [3.05, 3.63) is 48.6 Å². The molecule has 2 aliphatic rings. The minimum atomic E-state index is -1.70. The smallest absolute Gasteiger partial charge is 0.306 e. The van der Waals surface area contributed by atoms with Crippen molar-refractivity contribution in [3.8, 4) is 0 Å². The van der Waals surface area contributed by atoms with Crippen LogP contribution in [0.15, 0.2) is 48.6 Å². The van der Waals surface area contributed by atoms with Gasteiger partial charge in [0.15, 0.2) is 12.6 Å². The Bertz CT molecular complexity index is 1230. The maximum Gasteiger partial charge on any atom is 0.306 e. The molecule has 366 valence electrons. The van der Waals surface area contributed by atoms with Crippen LogP contribution in [0.25, 0.3) is 0 Å². The molecule has 0 aliphatic carbocycles. The molecule has 0 aromatic carbocycles. The summed E-state index contributed by atoms with van der Waals surface area (Å²) in [6, 6.07) is 0. The molecule has 0 spiro atoms. The van der Waals surface area contributed by atoms with Crippen LogP contribution in [0.2, 0.25) is 0 Å². The van der Waals surface area contributed by atoms with E-state index in [1.165, 1.54) is 57.8 Å². The van der Waals surface area contributed by atoms with Gasteiger partial charge in [0.05, 0.1) is 26.4 Å². The molecule has 14 nitrogen and oxygen atoms in total. The predicted octanol–water partition coefficient (Wildman–Crippen LogP) is 6.40. The van der Waals surface area contributed by atoms with Crippen molar-refractivity contribution >= 4 is 5.97 Å². The number of allylic oxidation sites excluding steroid dienone is 8. The molecule has 14 heteroatoms. The van der Waals surface area contributed by atoms with Gasteiger partial charge in [-0.2, -0.15) is 0 Å². The van der Waals surface area contributed by atoms with Crippen molar-refractivity contribution in [2.45, 2.75) is 223 Å². The van der Waals surface area contributed by atoms with E-state index in [9.17, 15) is 40.5 Å². The first-order chi connectivity index (χ1) is 30.6. The Morgan fingerprint density at radius 2 is 1.03 bits per heavy atom. The SMILES string of the molecule is CC/C=C\C/C=C\C/C=C\C/C=C\CCCCCCCCCCCCC(=O)OC(COCCCCCCCC)COC1OC(COC2OC(CO)C(O)C(O)C2O)C(O)C(O)C1O. The third-order valence-electron chi connectivity index (χ3n) is 11.4. The summed E-state index contributed by atoms with van der Waals surface area (Å²) in [6.07, 6.45) is 25.0. The maximum absolute atomic E-state index is 12.9. The van der Waals surface area contributed by atoms with E-state index in [0.717, 1.165) is 70.6 Å². The van der Waals surface area contributed by atoms with Crippen molar-refractivity contribution in [1.29, 1.82) is 0 Å². The average molecular weight is 899 g/mol. The van der Waals surface area contributed by atoms with E-state index >= 15 is 0 Å². The molecule has 0 saturated carbocycles. The summed E-state index contributed by atoms with van der Waals surface area (Å²) in [7, 11) is 0. The molecule has 63 heavy (non-hydrogen) atoms. The Balaban J connectivity index is 1.68. The number of hydrogen-bond acceptors (Lipinski definition) is 14. The van der Waals surface area contributed by atoms with Crippen LogP contribution in [0.1, 0.15) is 155 Å². The zero-order chi connectivity index (χ0) is 45.9. The molecule has 2 saturated heterocycles. The number of rotatable bonds is 37. The van der Waals surface area contributed by atoms with Gasteiger partial charge in [-0.15, -0.1) is 0 Å². The monoisotopic (exact) mass is 899 g/mol. The van der Waals surface area contributed by atoms with Crippen LogP contribution < -0.4 is 0 Å². The van der Waals surface area contributed by atoms with E-state index in [0.29, 0.717) is 13.0 Å². The minimum absolute atomic E-state index is 0.0583. The van der Waals surface area contributed by atoms with E-state index in [2.05, 4.69) is 62.5 Å². The van der Waals surface area contributed by atoms with E-state index < -0.39 is 80.7 Å².